The minimum Gasteiger partial charge on any atom is -0.469 e. The van der Waals surface area contributed by atoms with Crippen LogP contribution in [0.2, 0.25) is 0 Å². The number of esters is 1. The van der Waals surface area contributed by atoms with Gasteiger partial charge in [-0.1, -0.05) is 19.1 Å². The highest BCUT2D eigenvalue weighted by atomic mass is 19.4. The van der Waals surface area contributed by atoms with Crippen molar-refractivity contribution in [2.45, 2.75) is 76.3 Å². The predicted octanol–water partition coefficient (Wildman–Crippen LogP) is 6.14. The summed E-state index contributed by atoms with van der Waals surface area (Å²) in [5, 5.41) is 9.35. The largest absolute Gasteiger partial charge is 0.469 e. The second-order valence-corrected chi connectivity index (χ2v) is 9.22. The van der Waals surface area contributed by atoms with Crippen LogP contribution < -0.4 is 0 Å². The highest BCUT2D eigenvalue weighted by Crippen LogP contribution is 2.40. The number of nitrogens with zero attached hydrogens (tertiary/aromatic N) is 1. The first-order valence-electron chi connectivity index (χ1n) is 11.5. The summed E-state index contributed by atoms with van der Waals surface area (Å²) in [4.78, 5) is 13.8. The maximum atomic E-state index is 13.1. The van der Waals surface area contributed by atoms with Crippen LogP contribution in [-0.2, 0) is 15.7 Å². The summed E-state index contributed by atoms with van der Waals surface area (Å²) in [5.74, 6) is -0.555. The van der Waals surface area contributed by atoms with Gasteiger partial charge in [-0.25, -0.2) is 0 Å². The fraction of sp³-hybridized carbons (Fsp3) is 0.708. The molecule has 1 fully saturated rings. The van der Waals surface area contributed by atoms with Crippen LogP contribution in [-0.4, -0.2) is 48.5 Å². The van der Waals surface area contributed by atoms with E-state index in [0.29, 0.717) is 37.8 Å². The first kappa shape index (κ1) is 28.4. The lowest BCUT2D eigenvalue weighted by atomic mass is 9.83. The number of rotatable bonds is 10. The Morgan fingerprint density at radius 1 is 1.12 bits per heavy atom. The van der Waals surface area contributed by atoms with Crippen LogP contribution in [0.3, 0.4) is 0 Å². The molecule has 1 aliphatic heterocycles. The SMILES string of the molecule is COC(=O)C[C@@H]1CCN([C@H](CCC(C)CO)CCC(F)(F)F)[C@H](c2ccc(C(F)(F)F)cc2)C1. The monoisotopic (exact) mass is 497 g/mol. The van der Waals surface area contributed by atoms with Crippen LogP contribution in [0, 0.1) is 11.8 Å². The van der Waals surface area contributed by atoms with E-state index in [-0.39, 0.29) is 31.3 Å². The standard InChI is InChI=1S/C24H33F6NO3/c1-16(15-32)3-8-20(9-11-23(25,26)27)31-12-10-17(14-22(33)34-2)13-21(31)18-4-6-19(7-5-18)24(28,29)30/h4-7,16-17,20-21,32H,3,8-15H2,1-2H3/t16?,17-,20-,21+/m1/s1. The molecule has 0 saturated carbocycles. The van der Waals surface area contributed by atoms with Crippen molar-refractivity contribution in [1.82, 2.24) is 4.90 Å². The third kappa shape index (κ3) is 8.76. The highest BCUT2D eigenvalue weighted by molar-refractivity contribution is 5.69. The molecule has 2 rings (SSSR count). The summed E-state index contributed by atoms with van der Waals surface area (Å²) >= 11 is 0. The zero-order valence-corrected chi connectivity index (χ0v) is 19.5. The number of benzene rings is 1. The van der Waals surface area contributed by atoms with E-state index in [4.69, 9.17) is 4.74 Å². The van der Waals surface area contributed by atoms with Crippen molar-refractivity contribution in [2.75, 3.05) is 20.3 Å². The molecule has 0 bridgehead atoms. The Bertz CT molecular complexity index is 765. The third-order valence-corrected chi connectivity index (χ3v) is 6.59. The Hall–Kier alpha value is -1.81. The summed E-state index contributed by atoms with van der Waals surface area (Å²) in [5.41, 5.74) is -0.218. The summed E-state index contributed by atoms with van der Waals surface area (Å²) < 4.78 is 83.0. The number of methoxy groups -OCH3 is 1. The van der Waals surface area contributed by atoms with Crippen molar-refractivity contribution in [3.8, 4) is 0 Å². The number of hydrogen-bond donors (Lipinski definition) is 1. The molecule has 34 heavy (non-hydrogen) atoms. The molecule has 1 aliphatic rings. The maximum Gasteiger partial charge on any atom is 0.416 e. The fourth-order valence-electron chi connectivity index (χ4n) is 4.59. The van der Waals surface area contributed by atoms with E-state index in [1.54, 1.807) is 0 Å². The van der Waals surface area contributed by atoms with E-state index in [2.05, 4.69) is 0 Å². The van der Waals surface area contributed by atoms with Crippen molar-refractivity contribution in [2.24, 2.45) is 11.8 Å². The molecular weight excluding hydrogens is 464 g/mol. The Labute approximate surface area is 196 Å². The molecule has 1 heterocycles. The number of aliphatic hydroxyl groups is 1. The lowest BCUT2D eigenvalue weighted by molar-refractivity contribution is -0.144. The molecule has 4 nitrogen and oxygen atoms in total. The molecule has 0 aromatic heterocycles. The number of halogens is 6. The van der Waals surface area contributed by atoms with E-state index in [9.17, 15) is 36.2 Å². The van der Waals surface area contributed by atoms with Crippen LogP contribution in [0.4, 0.5) is 26.3 Å². The van der Waals surface area contributed by atoms with Crippen LogP contribution in [0.25, 0.3) is 0 Å². The van der Waals surface area contributed by atoms with Crippen molar-refractivity contribution in [3.05, 3.63) is 35.4 Å². The van der Waals surface area contributed by atoms with Gasteiger partial charge in [0.15, 0.2) is 0 Å². The number of carbonyl (C=O) groups is 1. The Kier molecular flexibility index (Phi) is 10.2. The van der Waals surface area contributed by atoms with Gasteiger partial charge in [0.25, 0.3) is 0 Å². The number of likely N-dealkylation sites (tertiary alicyclic amines) is 1. The van der Waals surface area contributed by atoms with E-state index in [1.165, 1.54) is 19.2 Å². The molecule has 0 spiro atoms. The highest BCUT2D eigenvalue weighted by Gasteiger charge is 2.37. The maximum absolute atomic E-state index is 13.1. The Morgan fingerprint density at radius 3 is 2.29 bits per heavy atom. The van der Waals surface area contributed by atoms with Crippen molar-refractivity contribution in [1.29, 1.82) is 0 Å². The first-order chi connectivity index (χ1) is 15.8. The van der Waals surface area contributed by atoms with Gasteiger partial charge in [-0.05, 0) is 68.2 Å². The first-order valence-corrected chi connectivity index (χ1v) is 11.5. The summed E-state index contributed by atoms with van der Waals surface area (Å²) in [6.07, 6.45) is -7.81. The van der Waals surface area contributed by atoms with E-state index < -0.39 is 42.4 Å². The molecule has 1 unspecified atom stereocenters. The van der Waals surface area contributed by atoms with E-state index in [1.807, 2.05) is 11.8 Å². The lowest BCUT2D eigenvalue weighted by Gasteiger charge is -2.44. The van der Waals surface area contributed by atoms with Gasteiger partial charge in [0.1, 0.15) is 0 Å². The molecule has 1 aromatic carbocycles. The van der Waals surface area contributed by atoms with Crippen LogP contribution >= 0.6 is 0 Å². The molecule has 1 saturated heterocycles. The second-order valence-electron chi connectivity index (χ2n) is 9.22. The lowest BCUT2D eigenvalue weighted by Crippen LogP contribution is -2.44. The molecule has 4 atom stereocenters. The minimum absolute atomic E-state index is 0.0739. The van der Waals surface area contributed by atoms with Gasteiger partial charge in [-0.2, -0.15) is 26.3 Å². The molecule has 194 valence electrons. The van der Waals surface area contributed by atoms with Crippen LogP contribution in [0.5, 0.6) is 0 Å². The van der Waals surface area contributed by atoms with Gasteiger partial charge in [0.2, 0.25) is 0 Å². The minimum atomic E-state index is -4.49. The molecule has 0 amide bonds. The Balaban J connectivity index is 2.33. The summed E-state index contributed by atoms with van der Waals surface area (Å²) in [6, 6.07) is 3.83. The zero-order valence-electron chi connectivity index (χ0n) is 19.5. The van der Waals surface area contributed by atoms with Crippen molar-refractivity contribution < 1.29 is 41.0 Å². The summed E-state index contributed by atoms with van der Waals surface area (Å²) in [7, 11) is 1.28. The quantitative estimate of drug-likeness (QED) is 0.312. The fourth-order valence-corrected chi connectivity index (χ4v) is 4.59. The average molecular weight is 498 g/mol. The normalized spacial score (nSPS) is 21.8. The van der Waals surface area contributed by atoms with Crippen LogP contribution in [0.15, 0.2) is 24.3 Å². The third-order valence-electron chi connectivity index (χ3n) is 6.59. The topological polar surface area (TPSA) is 49.8 Å². The van der Waals surface area contributed by atoms with Gasteiger partial charge in [0, 0.05) is 31.5 Å². The number of piperidine rings is 1. The summed E-state index contributed by atoms with van der Waals surface area (Å²) in [6.45, 7) is 2.16. The van der Waals surface area contributed by atoms with E-state index in [0.717, 1.165) is 12.1 Å². The Morgan fingerprint density at radius 2 is 1.76 bits per heavy atom. The smallest absolute Gasteiger partial charge is 0.416 e. The molecular formula is C24H33F6NO3. The second kappa shape index (κ2) is 12.2. The molecule has 1 aromatic rings. The van der Waals surface area contributed by atoms with Crippen LogP contribution in [0.1, 0.15) is 69.0 Å². The zero-order chi connectivity index (χ0) is 25.5. The van der Waals surface area contributed by atoms with Gasteiger partial charge in [0.05, 0.1) is 12.7 Å². The van der Waals surface area contributed by atoms with E-state index >= 15 is 0 Å². The van der Waals surface area contributed by atoms with Gasteiger partial charge < -0.3 is 9.84 Å². The van der Waals surface area contributed by atoms with Crippen molar-refractivity contribution >= 4 is 5.97 Å². The molecule has 1 N–H and O–H groups in total. The molecule has 0 radical (unpaired) electrons. The predicted molar refractivity (Wildman–Crippen MR) is 115 cm³/mol. The average Bonchev–Trinajstić information content (AvgIpc) is 2.77. The number of alkyl halides is 6. The number of aliphatic hydroxyl groups excluding tert-OH is 1. The van der Waals surface area contributed by atoms with Gasteiger partial charge in [-0.15, -0.1) is 0 Å². The van der Waals surface area contributed by atoms with Gasteiger partial charge >= 0.3 is 18.3 Å². The number of hydrogen-bond acceptors (Lipinski definition) is 4. The number of ether oxygens (including phenoxy) is 1. The molecule has 0 aliphatic carbocycles. The molecule has 10 heteroatoms. The van der Waals surface area contributed by atoms with Gasteiger partial charge in [-0.3, -0.25) is 9.69 Å². The number of carbonyl (C=O) groups excluding carboxylic acids is 1. The van der Waals surface area contributed by atoms with Crippen molar-refractivity contribution in [3.63, 3.8) is 0 Å².